The zero-order valence-corrected chi connectivity index (χ0v) is 18.1. The molecule has 0 spiro atoms. The van der Waals surface area contributed by atoms with Crippen molar-refractivity contribution >= 4 is 56.5 Å². The molecule has 32 heavy (non-hydrogen) atoms. The minimum absolute atomic E-state index is 0.138. The second kappa shape index (κ2) is 7.53. The molecule has 4 N–H and O–H groups in total. The highest BCUT2D eigenvalue weighted by atomic mass is 32.2. The van der Waals surface area contributed by atoms with Gasteiger partial charge in [0.1, 0.15) is 22.8 Å². The molecule has 5 aromatic heterocycles. The maximum Gasteiger partial charge on any atom is 0.196 e. The van der Waals surface area contributed by atoms with E-state index in [9.17, 15) is 0 Å². The molecule has 11 heteroatoms. The van der Waals surface area contributed by atoms with Crippen molar-refractivity contribution < 1.29 is 0 Å². The number of rotatable bonds is 4. The first-order valence-electron chi connectivity index (χ1n) is 10.3. The number of nitrogens with one attached hydrogen (secondary N) is 2. The summed E-state index contributed by atoms with van der Waals surface area (Å²) in [5, 5.41) is 5.80. The van der Waals surface area contributed by atoms with E-state index in [4.69, 9.17) is 15.7 Å². The van der Waals surface area contributed by atoms with Crippen molar-refractivity contribution in [3.8, 4) is 0 Å². The molecule has 1 fully saturated rings. The number of anilines is 2. The summed E-state index contributed by atoms with van der Waals surface area (Å²) >= 11 is 1.45. The molecular weight excluding hydrogens is 424 g/mol. The van der Waals surface area contributed by atoms with Gasteiger partial charge in [-0.05, 0) is 30.3 Å². The molecular formula is C21H20N10S. The Labute approximate surface area is 187 Å². The van der Waals surface area contributed by atoms with Crippen LogP contribution in [0.4, 0.5) is 11.6 Å². The van der Waals surface area contributed by atoms with E-state index in [0.717, 1.165) is 63.5 Å². The number of H-pyrrole nitrogens is 1. The molecule has 0 aliphatic carbocycles. The Kier molecular flexibility index (Phi) is 4.51. The van der Waals surface area contributed by atoms with Crippen LogP contribution in [0.15, 0.2) is 47.0 Å². The summed E-state index contributed by atoms with van der Waals surface area (Å²) in [5.74, 6) is 1.66. The first kappa shape index (κ1) is 19.1. The Morgan fingerprint density at radius 1 is 1.16 bits per heavy atom. The van der Waals surface area contributed by atoms with Gasteiger partial charge in [0, 0.05) is 61.2 Å². The largest absolute Gasteiger partial charge is 0.371 e. The number of hydrogen-bond acceptors (Lipinski definition) is 10. The fourth-order valence-electron chi connectivity index (χ4n) is 4.13. The van der Waals surface area contributed by atoms with Crippen molar-refractivity contribution in [3.05, 3.63) is 36.9 Å². The van der Waals surface area contributed by atoms with Crippen LogP contribution in [0.25, 0.3) is 33.1 Å². The van der Waals surface area contributed by atoms with Gasteiger partial charge in [0.15, 0.2) is 10.8 Å². The second-order valence-electron chi connectivity index (χ2n) is 7.68. The molecule has 5 aromatic rings. The van der Waals surface area contributed by atoms with Crippen molar-refractivity contribution in [2.24, 2.45) is 5.73 Å². The third kappa shape index (κ3) is 3.17. The summed E-state index contributed by atoms with van der Waals surface area (Å²) in [6, 6.07) is 4.09. The van der Waals surface area contributed by atoms with E-state index in [1.807, 2.05) is 19.2 Å². The standard InChI is InChI=1S/C21H20N10S/c1-23-19-16-13(2-4-25-19)15-18(28-16)29-21(30-20(15)31-7-3-11(22)10-31)32-12-8-14-17(27-9-12)26-6-5-24-14/h2,4-6,8-9,11H,3,7,10,22H2,1H3,(H,23,25)(H,28,29,30). The molecule has 1 aliphatic heterocycles. The Morgan fingerprint density at radius 3 is 2.91 bits per heavy atom. The average Bonchev–Trinajstić information content (AvgIpc) is 3.41. The molecule has 10 nitrogen and oxygen atoms in total. The average molecular weight is 445 g/mol. The van der Waals surface area contributed by atoms with E-state index < -0.39 is 0 Å². The Balaban J connectivity index is 1.51. The molecule has 1 unspecified atom stereocenters. The number of aromatic amines is 1. The number of fused-ring (bicyclic) bond motifs is 4. The zero-order valence-electron chi connectivity index (χ0n) is 17.3. The van der Waals surface area contributed by atoms with E-state index in [-0.39, 0.29) is 6.04 Å². The first-order valence-corrected chi connectivity index (χ1v) is 11.1. The fourth-order valence-corrected chi connectivity index (χ4v) is 4.88. The second-order valence-corrected chi connectivity index (χ2v) is 8.72. The van der Waals surface area contributed by atoms with Gasteiger partial charge >= 0.3 is 0 Å². The van der Waals surface area contributed by atoms with E-state index in [2.05, 4.69) is 35.1 Å². The maximum atomic E-state index is 6.22. The van der Waals surface area contributed by atoms with Gasteiger partial charge in [-0.2, -0.15) is 0 Å². The van der Waals surface area contributed by atoms with Crippen molar-refractivity contribution in [2.45, 2.75) is 22.5 Å². The van der Waals surface area contributed by atoms with Gasteiger partial charge in [-0.25, -0.2) is 24.9 Å². The van der Waals surface area contributed by atoms with E-state index in [1.54, 1.807) is 24.8 Å². The third-order valence-electron chi connectivity index (χ3n) is 5.60. The molecule has 1 saturated heterocycles. The van der Waals surface area contributed by atoms with Crippen molar-refractivity contribution in [2.75, 3.05) is 30.4 Å². The summed E-state index contributed by atoms with van der Waals surface area (Å²) in [7, 11) is 1.86. The molecule has 6 heterocycles. The number of nitrogens with zero attached hydrogens (tertiary/aromatic N) is 7. The molecule has 6 rings (SSSR count). The topological polar surface area (TPSA) is 134 Å². The Bertz CT molecular complexity index is 1470. The monoisotopic (exact) mass is 444 g/mol. The van der Waals surface area contributed by atoms with Crippen molar-refractivity contribution in [1.29, 1.82) is 0 Å². The summed E-state index contributed by atoms with van der Waals surface area (Å²) in [6.07, 6.45) is 7.80. The van der Waals surface area contributed by atoms with Crippen LogP contribution in [-0.2, 0) is 0 Å². The minimum Gasteiger partial charge on any atom is -0.371 e. The molecule has 0 saturated carbocycles. The predicted octanol–water partition coefficient (Wildman–Crippen LogP) is 2.57. The smallest absolute Gasteiger partial charge is 0.196 e. The van der Waals surface area contributed by atoms with E-state index >= 15 is 0 Å². The van der Waals surface area contributed by atoms with Crippen LogP contribution in [0.2, 0.25) is 0 Å². The normalized spacial score (nSPS) is 16.4. The molecule has 0 amide bonds. The fraction of sp³-hybridized carbons (Fsp3) is 0.238. The quantitative estimate of drug-likeness (QED) is 0.355. The highest BCUT2D eigenvalue weighted by Gasteiger charge is 2.25. The lowest BCUT2D eigenvalue weighted by atomic mass is 10.2. The predicted molar refractivity (Wildman–Crippen MR) is 125 cm³/mol. The Hall–Kier alpha value is -3.57. The van der Waals surface area contributed by atoms with Crippen molar-refractivity contribution in [3.63, 3.8) is 0 Å². The van der Waals surface area contributed by atoms with Crippen LogP contribution in [0.3, 0.4) is 0 Å². The lowest BCUT2D eigenvalue weighted by Crippen LogP contribution is -2.27. The highest BCUT2D eigenvalue weighted by Crippen LogP contribution is 2.37. The summed E-state index contributed by atoms with van der Waals surface area (Å²) < 4.78 is 0. The summed E-state index contributed by atoms with van der Waals surface area (Å²) in [6.45, 7) is 1.63. The van der Waals surface area contributed by atoms with Crippen LogP contribution >= 0.6 is 11.8 Å². The lowest BCUT2D eigenvalue weighted by molar-refractivity contribution is 0.751. The Morgan fingerprint density at radius 2 is 2.06 bits per heavy atom. The van der Waals surface area contributed by atoms with Gasteiger partial charge in [-0.1, -0.05) is 0 Å². The summed E-state index contributed by atoms with van der Waals surface area (Å²) in [4.78, 5) is 33.8. The number of nitrogens with two attached hydrogens (primary N) is 1. The lowest BCUT2D eigenvalue weighted by Gasteiger charge is -2.18. The van der Waals surface area contributed by atoms with Crippen LogP contribution < -0.4 is 16.0 Å². The molecule has 160 valence electrons. The maximum absolute atomic E-state index is 6.22. The molecule has 0 bridgehead atoms. The van der Waals surface area contributed by atoms with Gasteiger partial charge < -0.3 is 20.9 Å². The molecule has 1 aliphatic rings. The summed E-state index contributed by atoms with van der Waals surface area (Å²) in [5.41, 5.74) is 9.25. The number of pyridine rings is 2. The van der Waals surface area contributed by atoms with Crippen LogP contribution in [0.5, 0.6) is 0 Å². The molecule has 0 aromatic carbocycles. The van der Waals surface area contributed by atoms with Gasteiger partial charge in [-0.3, -0.25) is 4.98 Å². The van der Waals surface area contributed by atoms with E-state index in [0.29, 0.717) is 10.8 Å². The third-order valence-corrected chi connectivity index (χ3v) is 6.43. The number of aromatic nitrogens is 7. The molecule has 1 atom stereocenters. The van der Waals surface area contributed by atoms with Crippen molar-refractivity contribution in [1.82, 2.24) is 34.9 Å². The highest BCUT2D eigenvalue weighted by molar-refractivity contribution is 7.99. The van der Waals surface area contributed by atoms with Gasteiger partial charge in [-0.15, -0.1) is 0 Å². The molecule has 0 radical (unpaired) electrons. The van der Waals surface area contributed by atoms with Crippen LogP contribution in [0.1, 0.15) is 6.42 Å². The van der Waals surface area contributed by atoms with E-state index in [1.165, 1.54) is 11.8 Å². The SMILES string of the molecule is CNc1nccc2c1[nH]c1nc(Sc3cnc4nccnc4c3)nc(N3CCC(N)C3)c12. The number of hydrogen-bond donors (Lipinski definition) is 3. The van der Waals surface area contributed by atoms with Gasteiger partial charge in [0.25, 0.3) is 0 Å². The van der Waals surface area contributed by atoms with Gasteiger partial charge in [0.2, 0.25) is 0 Å². The van der Waals surface area contributed by atoms with Crippen LogP contribution in [0, 0.1) is 0 Å². The first-order chi connectivity index (χ1) is 15.7. The van der Waals surface area contributed by atoms with Crippen LogP contribution in [-0.4, -0.2) is 61.1 Å². The van der Waals surface area contributed by atoms with Gasteiger partial charge in [0.05, 0.1) is 10.9 Å². The minimum atomic E-state index is 0.138. The zero-order chi connectivity index (χ0) is 21.7.